The number of benzene rings is 1. The van der Waals surface area contributed by atoms with Crippen molar-refractivity contribution in [2.24, 2.45) is 5.92 Å². The molecule has 17 heavy (non-hydrogen) atoms. The van der Waals surface area contributed by atoms with Crippen molar-refractivity contribution < 1.29 is 9.84 Å². The van der Waals surface area contributed by atoms with E-state index in [4.69, 9.17) is 4.74 Å². The van der Waals surface area contributed by atoms with Crippen LogP contribution in [0.1, 0.15) is 24.5 Å². The second-order valence-corrected chi connectivity index (χ2v) is 4.64. The van der Waals surface area contributed by atoms with Gasteiger partial charge < -0.3 is 15.2 Å². The van der Waals surface area contributed by atoms with E-state index in [9.17, 15) is 5.11 Å². The second kappa shape index (κ2) is 6.74. The maximum atomic E-state index is 9.96. The number of aliphatic hydroxyl groups excluding tert-OH is 1. The molecule has 0 spiro atoms. The second-order valence-electron chi connectivity index (χ2n) is 4.64. The van der Waals surface area contributed by atoms with Gasteiger partial charge in [0.15, 0.2) is 0 Å². The molecule has 0 saturated carbocycles. The Morgan fingerprint density at radius 3 is 2.65 bits per heavy atom. The molecule has 1 saturated heterocycles. The van der Waals surface area contributed by atoms with Crippen LogP contribution in [0.3, 0.4) is 0 Å². The third kappa shape index (κ3) is 4.11. The summed E-state index contributed by atoms with van der Waals surface area (Å²) >= 11 is 0. The predicted octanol–water partition coefficient (Wildman–Crippen LogP) is 1.74. The molecule has 3 heteroatoms. The molecule has 1 heterocycles. The highest BCUT2D eigenvalue weighted by Gasteiger charge is 2.14. The fraction of sp³-hybridized carbons (Fsp3) is 0.571. The van der Waals surface area contributed by atoms with Crippen LogP contribution in [0.5, 0.6) is 0 Å². The molecule has 1 atom stereocenters. The van der Waals surface area contributed by atoms with Gasteiger partial charge in [-0.1, -0.05) is 30.3 Å². The van der Waals surface area contributed by atoms with Crippen molar-refractivity contribution in [3.8, 4) is 0 Å². The molecule has 1 aromatic carbocycles. The first-order chi connectivity index (χ1) is 8.36. The van der Waals surface area contributed by atoms with Gasteiger partial charge in [0.2, 0.25) is 0 Å². The highest BCUT2D eigenvalue weighted by atomic mass is 16.5. The zero-order chi connectivity index (χ0) is 11.9. The number of hydrogen-bond donors (Lipinski definition) is 2. The minimum absolute atomic E-state index is 0.406. The zero-order valence-corrected chi connectivity index (χ0v) is 10.1. The van der Waals surface area contributed by atoms with E-state index in [0.717, 1.165) is 38.2 Å². The predicted molar refractivity (Wildman–Crippen MR) is 67.8 cm³/mol. The summed E-state index contributed by atoms with van der Waals surface area (Å²) in [7, 11) is 0. The summed E-state index contributed by atoms with van der Waals surface area (Å²) in [5, 5.41) is 13.3. The molecule has 3 nitrogen and oxygen atoms in total. The molecule has 1 unspecified atom stereocenters. The Bertz CT molecular complexity index is 309. The van der Waals surface area contributed by atoms with Gasteiger partial charge in [-0.2, -0.15) is 0 Å². The van der Waals surface area contributed by atoms with Gasteiger partial charge in [-0.3, -0.25) is 0 Å². The van der Waals surface area contributed by atoms with Crippen LogP contribution < -0.4 is 5.32 Å². The highest BCUT2D eigenvalue weighted by molar-refractivity contribution is 5.17. The third-order valence-corrected chi connectivity index (χ3v) is 3.30. The van der Waals surface area contributed by atoms with Crippen LogP contribution in [0.15, 0.2) is 30.3 Å². The van der Waals surface area contributed by atoms with Gasteiger partial charge in [-0.05, 0) is 30.9 Å². The molecule has 2 N–H and O–H groups in total. The first kappa shape index (κ1) is 12.6. The Morgan fingerprint density at radius 2 is 1.94 bits per heavy atom. The van der Waals surface area contributed by atoms with Gasteiger partial charge in [0.1, 0.15) is 0 Å². The van der Waals surface area contributed by atoms with E-state index in [1.165, 1.54) is 0 Å². The van der Waals surface area contributed by atoms with Gasteiger partial charge in [0, 0.05) is 19.8 Å². The van der Waals surface area contributed by atoms with E-state index in [1.807, 2.05) is 30.3 Å². The van der Waals surface area contributed by atoms with E-state index in [1.54, 1.807) is 0 Å². The molecular formula is C14H21NO2. The Labute approximate surface area is 103 Å². The molecule has 0 aromatic heterocycles. The van der Waals surface area contributed by atoms with Crippen molar-refractivity contribution in [2.75, 3.05) is 26.3 Å². The summed E-state index contributed by atoms with van der Waals surface area (Å²) in [6, 6.07) is 9.79. The van der Waals surface area contributed by atoms with Crippen LogP contribution in [-0.2, 0) is 4.74 Å². The van der Waals surface area contributed by atoms with Crippen LogP contribution in [0.25, 0.3) is 0 Å². The van der Waals surface area contributed by atoms with E-state index in [0.29, 0.717) is 12.5 Å². The zero-order valence-electron chi connectivity index (χ0n) is 10.1. The molecule has 1 fully saturated rings. The van der Waals surface area contributed by atoms with Crippen LogP contribution in [-0.4, -0.2) is 31.4 Å². The average Bonchev–Trinajstić information content (AvgIpc) is 2.41. The van der Waals surface area contributed by atoms with Crippen molar-refractivity contribution in [1.29, 1.82) is 0 Å². The van der Waals surface area contributed by atoms with E-state index < -0.39 is 6.10 Å². The van der Waals surface area contributed by atoms with Crippen LogP contribution in [0, 0.1) is 5.92 Å². The Balaban J connectivity index is 1.67. The molecule has 0 aliphatic carbocycles. The van der Waals surface area contributed by atoms with Gasteiger partial charge in [0.25, 0.3) is 0 Å². The molecule has 0 amide bonds. The lowest BCUT2D eigenvalue weighted by Crippen LogP contribution is -2.30. The van der Waals surface area contributed by atoms with Crippen molar-refractivity contribution in [1.82, 2.24) is 5.32 Å². The van der Waals surface area contributed by atoms with Crippen LogP contribution in [0.2, 0.25) is 0 Å². The minimum atomic E-state index is -0.406. The standard InChI is InChI=1S/C14H21NO2/c16-14(13-4-2-1-3-5-13)11-15-10-12-6-8-17-9-7-12/h1-5,12,14-16H,6-11H2. The molecule has 2 rings (SSSR count). The van der Waals surface area contributed by atoms with Gasteiger partial charge >= 0.3 is 0 Å². The lowest BCUT2D eigenvalue weighted by Gasteiger charge is -2.23. The van der Waals surface area contributed by atoms with Crippen molar-refractivity contribution in [2.45, 2.75) is 18.9 Å². The summed E-state index contributed by atoms with van der Waals surface area (Å²) in [6.07, 6.45) is 1.86. The van der Waals surface area contributed by atoms with Crippen LogP contribution in [0.4, 0.5) is 0 Å². The fourth-order valence-electron chi connectivity index (χ4n) is 2.17. The topological polar surface area (TPSA) is 41.5 Å². The summed E-state index contributed by atoms with van der Waals surface area (Å²) in [5.41, 5.74) is 0.979. The first-order valence-corrected chi connectivity index (χ1v) is 6.38. The first-order valence-electron chi connectivity index (χ1n) is 6.38. The number of nitrogens with one attached hydrogen (secondary N) is 1. The van der Waals surface area contributed by atoms with Crippen LogP contribution >= 0.6 is 0 Å². The molecule has 94 valence electrons. The third-order valence-electron chi connectivity index (χ3n) is 3.30. The fourth-order valence-corrected chi connectivity index (χ4v) is 2.17. The monoisotopic (exact) mass is 235 g/mol. The average molecular weight is 235 g/mol. The van der Waals surface area contributed by atoms with Gasteiger partial charge in [0.05, 0.1) is 6.10 Å². The SMILES string of the molecule is OC(CNCC1CCOCC1)c1ccccc1. The quantitative estimate of drug-likeness (QED) is 0.816. The molecule has 0 radical (unpaired) electrons. The lowest BCUT2D eigenvalue weighted by molar-refractivity contribution is 0.0649. The number of ether oxygens (including phenoxy) is 1. The maximum absolute atomic E-state index is 9.96. The molecular weight excluding hydrogens is 214 g/mol. The summed E-state index contributed by atoms with van der Waals surface area (Å²) in [5.74, 6) is 0.701. The summed E-state index contributed by atoms with van der Waals surface area (Å²) in [6.45, 7) is 3.37. The molecule has 0 bridgehead atoms. The highest BCUT2D eigenvalue weighted by Crippen LogP contribution is 2.14. The Kier molecular flexibility index (Phi) is 4.98. The summed E-state index contributed by atoms with van der Waals surface area (Å²) in [4.78, 5) is 0. The lowest BCUT2D eigenvalue weighted by atomic mass is 10.0. The molecule has 1 aliphatic rings. The van der Waals surface area contributed by atoms with E-state index >= 15 is 0 Å². The maximum Gasteiger partial charge on any atom is 0.0914 e. The number of hydrogen-bond acceptors (Lipinski definition) is 3. The normalized spacial score (nSPS) is 19.1. The number of rotatable bonds is 5. The molecule has 1 aromatic rings. The van der Waals surface area contributed by atoms with Gasteiger partial charge in [-0.15, -0.1) is 0 Å². The van der Waals surface area contributed by atoms with Gasteiger partial charge in [-0.25, -0.2) is 0 Å². The van der Waals surface area contributed by atoms with E-state index in [-0.39, 0.29) is 0 Å². The molecule has 1 aliphatic heterocycles. The van der Waals surface area contributed by atoms with Crippen molar-refractivity contribution in [3.63, 3.8) is 0 Å². The van der Waals surface area contributed by atoms with E-state index in [2.05, 4.69) is 5.32 Å². The Hall–Kier alpha value is -0.900. The van der Waals surface area contributed by atoms with Crippen molar-refractivity contribution >= 4 is 0 Å². The number of aliphatic hydroxyl groups is 1. The largest absolute Gasteiger partial charge is 0.387 e. The smallest absolute Gasteiger partial charge is 0.0914 e. The minimum Gasteiger partial charge on any atom is -0.387 e. The summed E-state index contributed by atoms with van der Waals surface area (Å²) < 4.78 is 5.32. The Morgan fingerprint density at radius 1 is 1.24 bits per heavy atom. The van der Waals surface area contributed by atoms with Crippen molar-refractivity contribution in [3.05, 3.63) is 35.9 Å².